The van der Waals surface area contributed by atoms with E-state index in [0.717, 1.165) is 11.5 Å². The molecule has 0 unspecified atom stereocenters. The summed E-state index contributed by atoms with van der Waals surface area (Å²) in [6, 6.07) is 0. The van der Waals surface area contributed by atoms with E-state index in [-0.39, 0.29) is 12.1 Å². The van der Waals surface area contributed by atoms with E-state index < -0.39 is 0 Å². The van der Waals surface area contributed by atoms with Crippen molar-refractivity contribution in [1.82, 2.24) is 15.3 Å². The standard InChI is InChI=1S/C14H24N4O/c1-5-6-18(7-8-19)13-11-15-12(9-16-13)10-17-14(2,3)4/h5,9,11,17,19H,1,6-8,10H2,2-4H3. The Kier molecular flexibility index (Phi) is 5.92. The summed E-state index contributed by atoms with van der Waals surface area (Å²) in [4.78, 5) is 10.7. The zero-order chi connectivity index (χ0) is 14.3. The van der Waals surface area contributed by atoms with Crippen LogP contribution in [0.1, 0.15) is 26.5 Å². The van der Waals surface area contributed by atoms with Gasteiger partial charge in [0.1, 0.15) is 5.82 Å². The van der Waals surface area contributed by atoms with E-state index in [1.54, 1.807) is 18.5 Å². The minimum atomic E-state index is 0.0616. The highest BCUT2D eigenvalue weighted by Crippen LogP contribution is 2.09. The smallest absolute Gasteiger partial charge is 0.147 e. The van der Waals surface area contributed by atoms with Crippen LogP contribution in [-0.4, -0.2) is 40.3 Å². The molecule has 0 saturated carbocycles. The van der Waals surface area contributed by atoms with Gasteiger partial charge in [0.05, 0.1) is 24.7 Å². The average Bonchev–Trinajstić information content (AvgIpc) is 2.36. The Balaban J connectivity index is 2.66. The molecule has 1 rings (SSSR count). The third kappa shape index (κ3) is 5.81. The summed E-state index contributed by atoms with van der Waals surface area (Å²) < 4.78 is 0. The number of aliphatic hydroxyl groups excluding tert-OH is 1. The minimum Gasteiger partial charge on any atom is -0.395 e. The van der Waals surface area contributed by atoms with Gasteiger partial charge in [0.25, 0.3) is 0 Å². The van der Waals surface area contributed by atoms with Crippen molar-refractivity contribution in [2.45, 2.75) is 32.9 Å². The molecule has 5 heteroatoms. The fourth-order valence-corrected chi connectivity index (χ4v) is 1.53. The number of hydrogen-bond donors (Lipinski definition) is 2. The van der Waals surface area contributed by atoms with Gasteiger partial charge in [-0.15, -0.1) is 6.58 Å². The Morgan fingerprint density at radius 2 is 2.11 bits per heavy atom. The van der Waals surface area contributed by atoms with Gasteiger partial charge in [0.15, 0.2) is 0 Å². The fraction of sp³-hybridized carbons (Fsp3) is 0.571. The maximum Gasteiger partial charge on any atom is 0.147 e. The Morgan fingerprint density at radius 3 is 2.58 bits per heavy atom. The predicted molar refractivity (Wildman–Crippen MR) is 78.1 cm³/mol. The molecule has 0 saturated heterocycles. The van der Waals surface area contributed by atoms with Crippen molar-refractivity contribution in [2.24, 2.45) is 0 Å². The van der Waals surface area contributed by atoms with Crippen LogP contribution in [0.15, 0.2) is 25.0 Å². The Hall–Kier alpha value is -1.46. The van der Waals surface area contributed by atoms with Crippen LogP contribution in [0.5, 0.6) is 0 Å². The van der Waals surface area contributed by atoms with Crippen molar-refractivity contribution >= 4 is 5.82 Å². The van der Waals surface area contributed by atoms with Crippen LogP contribution < -0.4 is 10.2 Å². The lowest BCUT2D eigenvalue weighted by Crippen LogP contribution is -2.35. The first-order valence-electron chi connectivity index (χ1n) is 6.49. The first-order valence-corrected chi connectivity index (χ1v) is 6.49. The Labute approximate surface area is 115 Å². The van der Waals surface area contributed by atoms with E-state index in [9.17, 15) is 0 Å². The summed E-state index contributed by atoms with van der Waals surface area (Å²) >= 11 is 0. The highest BCUT2D eigenvalue weighted by atomic mass is 16.3. The topological polar surface area (TPSA) is 61.3 Å². The molecule has 19 heavy (non-hydrogen) atoms. The second-order valence-electron chi connectivity index (χ2n) is 5.43. The molecule has 0 aromatic carbocycles. The molecule has 1 aromatic rings. The van der Waals surface area contributed by atoms with Gasteiger partial charge in [0, 0.05) is 25.2 Å². The van der Waals surface area contributed by atoms with Crippen molar-refractivity contribution in [2.75, 3.05) is 24.6 Å². The first kappa shape index (κ1) is 15.6. The molecular weight excluding hydrogens is 240 g/mol. The normalized spacial score (nSPS) is 11.4. The van der Waals surface area contributed by atoms with Crippen LogP contribution >= 0.6 is 0 Å². The van der Waals surface area contributed by atoms with Gasteiger partial charge < -0.3 is 15.3 Å². The molecule has 106 valence electrons. The summed E-state index contributed by atoms with van der Waals surface area (Å²) in [5.74, 6) is 0.758. The van der Waals surface area contributed by atoms with E-state index in [1.807, 2.05) is 4.90 Å². The Morgan fingerprint density at radius 1 is 1.37 bits per heavy atom. The Bertz CT molecular complexity index is 383. The molecule has 0 radical (unpaired) electrons. The number of anilines is 1. The molecule has 0 aliphatic carbocycles. The van der Waals surface area contributed by atoms with Crippen molar-refractivity contribution in [3.63, 3.8) is 0 Å². The third-order valence-corrected chi connectivity index (χ3v) is 2.53. The molecule has 0 spiro atoms. The number of aromatic nitrogens is 2. The largest absolute Gasteiger partial charge is 0.395 e. The maximum absolute atomic E-state index is 9.02. The van der Waals surface area contributed by atoms with E-state index in [0.29, 0.717) is 19.6 Å². The molecule has 0 fully saturated rings. The zero-order valence-electron chi connectivity index (χ0n) is 12.1. The van der Waals surface area contributed by atoms with E-state index in [1.165, 1.54) is 0 Å². The van der Waals surface area contributed by atoms with Crippen molar-refractivity contribution in [3.8, 4) is 0 Å². The van der Waals surface area contributed by atoms with Gasteiger partial charge >= 0.3 is 0 Å². The quantitative estimate of drug-likeness (QED) is 0.728. The van der Waals surface area contributed by atoms with Crippen molar-refractivity contribution in [3.05, 3.63) is 30.7 Å². The third-order valence-electron chi connectivity index (χ3n) is 2.53. The summed E-state index contributed by atoms with van der Waals surface area (Å²) in [5, 5.41) is 12.4. The zero-order valence-corrected chi connectivity index (χ0v) is 12.1. The predicted octanol–water partition coefficient (Wildman–Crippen LogP) is 1.35. The van der Waals surface area contributed by atoms with Crippen LogP contribution in [0.2, 0.25) is 0 Å². The molecule has 0 atom stereocenters. The summed E-state index contributed by atoms with van der Waals surface area (Å²) in [5.41, 5.74) is 0.966. The van der Waals surface area contributed by atoms with Crippen LogP contribution in [-0.2, 0) is 6.54 Å². The van der Waals surface area contributed by atoms with Crippen LogP contribution in [0.4, 0.5) is 5.82 Å². The summed E-state index contributed by atoms with van der Waals surface area (Å²) in [6.45, 7) is 12.0. The summed E-state index contributed by atoms with van der Waals surface area (Å²) in [6.07, 6.45) is 5.28. The van der Waals surface area contributed by atoms with Gasteiger partial charge in [-0.05, 0) is 20.8 Å². The molecule has 0 bridgehead atoms. The molecule has 0 aliphatic heterocycles. The van der Waals surface area contributed by atoms with Crippen molar-refractivity contribution < 1.29 is 5.11 Å². The molecular formula is C14H24N4O. The number of rotatable bonds is 7. The number of nitrogens with one attached hydrogen (secondary N) is 1. The highest BCUT2D eigenvalue weighted by molar-refractivity contribution is 5.36. The average molecular weight is 264 g/mol. The van der Waals surface area contributed by atoms with E-state index in [4.69, 9.17) is 5.11 Å². The number of hydrogen-bond acceptors (Lipinski definition) is 5. The van der Waals surface area contributed by atoms with E-state index in [2.05, 4.69) is 42.6 Å². The lowest BCUT2D eigenvalue weighted by atomic mass is 10.1. The van der Waals surface area contributed by atoms with E-state index >= 15 is 0 Å². The maximum atomic E-state index is 9.02. The van der Waals surface area contributed by atoms with Gasteiger partial charge in [-0.3, -0.25) is 4.98 Å². The highest BCUT2D eigenvalue weighted by Gasteiger charge is 2.10. The molecule has 5 nitrogen and oxygen atoms in total. The summed E-state index contributed by atoms with van der Waals surface area (Å²) in [7, 11) is 0. The lowest BCUT2D eigenvalue weighted by Gasteiger charge is -2.22. The van der Waals surface area contributed by atoms with Crippen LogP contribution in [0.25, 0.3) is 0 Å². The second kappa shape index (κ2) is 7.21. The van der Waals surface area contributed by atoms with Gasteiger partial charge in [0.2, 0.25) is 0 Å². The minimum absolute atomic E-state index is 0.0616. The SMILES string of the molecule is C=CCN(CCO)c1cnc(CNC(C)(C)C)cn1. The van der Waals surface area contributed by atoms with Crippen molar-refractivity contribution in [1.29, 1.82) is 0 Å². The molecule has 1 aromatic heterocycles. The lowest BCUT2D eigenvalue weighted by molar-refractivity contribution is 0.302. The molecule has 2 N–H and O–H groups in total. The number of nitrogens with zero attached hydrogens (tertiary/aromatic N) is 3. The molecule has 0 amide bonds. The van der Waals surface area contributed by atoms with Gasteiger partial charge in [-0.2, -0.15) is 0 Å². The molecule has 0 aliphatic rings. The van der Waals surface area contributed by atoms with Gasteiger partial charge in [-0.25, -0.2) is 4.98 Å². The van der Waals surface area contributed by atoms with Crippen LogP contribution in [0.3, 0.4) is 0 Å². The van der Waals surface area contributed by atoms with Gasteiger partial charge in [-0.1, -0.05) is 6.08 Å². The first-order chi connectivity index (χ1) is 8.96. The second-order valence-corrected chi connectivity index (χ2v) is 5.43. The molecule has 1 heterocycles. The number of aliphatic hydroxyl groups is 1. The fourth-order valence-electron chi connectivity index (χ4n) is 1.53. The monoisotopic (exact) mass is 264 g/mol. The van der Waals surface area contributed by atoms with Crippen LogP contribution in [0, 0.1) is 0 Å².